The first-order valence-electron chi connectivity index (χ1n) is 4.51. The van der Waals surface area contributed by atoms with E-state index in [1.165, 1.54) is 11.3 Å². The summed E-state index contributed by atoms with van der Waals surface area (Å²) in [5, 5.41) is 11.0. The molecule has 0 spiro atoms. The first kappa shape index (κ1) is 10.6. The molecule has 0 aliphatic rings. The normalized spacial score (nSPS) is 10.3. The molecule has 0 radical (unpaired) electrons. The predicted octanol–water partition coefficient (Wildman–Crippen LogP) is 1.79. The van der Waals surface area contributed by atoms with Gasteiger partial charge in [-0.1, -0.05) is 6.07 Å². The summed E-state index contributed by atoms with van der Waals surface area (Å²) in [5.74, 6) is -0.952. The van der Waals surface area contributed by atoms with Gasteiger partial charge in [-0.3, -0.25) is 0 Å². The predicted molar refractivity (Wildman–Crippen MR) is 61.5 cm³/mol. The zero-order valence-corrected chi connectivity index (χ0v) is 9.28. The molecule has 6 heteroatoms. The number of thiophene rings is 1. The van der Waals surface area contributed by atoms with Gasteiger partial charge in [0.2, 0.25) is 5.95 Å². The standard InChI is InChI=1S/C10H9N3O2S/c1-5-7(9(14)15)8(13-10(11)12-5)6-3-2-4-16-6/h2-4H,1H3,(H,14,15)(H2,11,12,13). The average Bonchev–Trinajstić information content (AvgIpc) is 2.67. The summed E-state index contributed by atoms with van der Waals surface area (Å²) in [6.07, 6.45) is 0. The molecule has 0 saturated heterocycles. The van der Waals surface area contributed by atoms with Crippen molar-refractivity contribution < 1.29 is 9.90 Å². The number of hydrogen-bond acceptors (Lipinski definition) is 5. The molecule has 2 aromatic rings. The third-order valence-corrected chi connectivity index (χ3v) is 2.95. The van der Waals surface area contributed by atoms with Crippen LogP contribution in [0.4, 0.5) is 5.95 Å². The van der Waals surface area contributed by atoms with Crippen molar-refractivity contribution in [1.29, 1.82) is 0 Å². The van der Waals surface area contributed by atoms with Crippen LogP contribution in [0.5, 0.6) is 0 Å². The lowest BCUT2D eigenvalue weighted by molar-refractivity contribution is 0.0696. The molecular formula is C10H9N3O2S. The fraction of sp³-hybridized carbons (Fsp3) is 0.100. The number of carboxylic acids is 1. The van der Waals surface area contributed by atoms with E-state index in [9.17, 15) is 4.79 Å². The van der Waals surface area contributed by atoms with Crippen molar-refractivity contribution in [2.45, 2.75) is 6.92 Å². The second kappa shape index (κ2) is 3.90. The molecule has 0 bridgehead atoms. The number of carboxylic acid groups (broad SMARTS) is 1. The number of aryl methyl sites for hydroxylation is 1. The second-order valence-corrected chi connectivity index (χ2v) is 4.12. The van der Waals surface area contributed by atoms with E-state index in [1.54, 1.807) is 13.0 Å². The quantitative estimate of drug-likeness (QED) is 0.828. The summed E-state index contributed by atoms with van der Waals surface area (Å²) >= 11 is 1.42. The Bertz CT molecular complexity index is 537. The van der Waals surface area contributed by atoms with E-state index >= 15 is 0 Å². The minimum Gasteiger partial charge on any atom is -0.478 e. The molecule has 16 heavy (non-hydrogen) atoms. The monoisotopic (exact) mass is 235 g/mol. The highest BCUT2D eigenvalue weighted by Gasteiger charge is 2.18. The Kier molecular flexibility index (Phi) is 2.57. The van der Waals surface area contributed by atoms with Gasteiger partial charge in [-0.25, -0.2) is 14.8 Å². The summed E-state index contributed by atoms with van der Waals surface area (Å²) in [7, 11) is 0. The Hall–Kier alpha value is -1.95. The third-order valence-electron chi connectivity index (χ3n) is 2.08. The maximum Gasteiger partial charge on any atom is 0.339 e. The lowest BCUT2D eigenvalue weighted by Crippen LogP contribution is -2.09. The number of carbonyl (C=O) groups is 1. The van der Waals surface area contributed by atoms with Crippen LogP contribution in [-0.2, 0) is 0 Å². The first-order valence-corrected chi connectivity index (χ1v) is 5.39. The molecule has 0 aliphatic heterocycles. The molecular weight excluding hydrogens is 226 g/mol. The molecule has 3 N–H and O–H groups in total. The minimum absolute atomic E-state index is 0.0888. The van der Waals surface area contributed by atoms with Gasteiger partial charge < -0.3 is 10.8 Å². The van der Waals surface area contributed by atoms with Gasteiger partial charge >= 0.3 is 5.97 Å². The van der Waals surface area contributed by atoms with Crippen LogP contribution in [0.3, 0.4) is 0 Å². The Labute approximate surface area is 95.6 Å². The second-order valence-electron chi connectivity index (χ2n) is 3.17. The van der Waals surface area contributed by atoms with Crippen molar-refractivity contribution >= 4 is 23.3 Å². The summed E-state index contributed by atoms with van der Waals surface area (Å²) in [6.45, 7) is 1.61. The molecule has 2 heterocycles. The third kappa shape index (κ3) is 1.74. The Balaban J connectivity index is 2.72. The number of aromatic nitrogens is 2. The van der Waals surface area contributed by atoms with Crippen molar-refractivity contribution in [2.24, 2.45) is 0 Å². The topological polar surface area (TPSA) is 89.1 Å². The summed E-state index contributed by atoms with van der Waals surface area (Å²) in [4.78, 5) is 19.8. The van der Waals surface area contributed by atoms with Gasteiger partial charge in [-0.2, -0.15) is 0 Å². The van der Waals surface area contributed by atoms with E-state index in [1.807, 2.05) is 11.4 Å². The molecule has 0 atom stereocenters. The summed E-state index contributed by atoms with van der Waals surface area (Å²) in [6, 6.07) is 3.64. The number of nitrogens with zero attached hydrogens (tertiary/aromatic N) is 2. The highest BCUT2D eigenvalue weighted by molar-refractivity contribution is 7.13. The van der Waals surface area contributed by atoms with Crippen LogP contribution < -0.4 is 5.73 Å². The van der Waals surface area contributed by atoms with Gasteiger partial charge in [0.1, 0.15) is 11.3 Å². The fourth-order valence-electron chi connectivity index (χ4n) is 1.44. The highest BCUT2D eigenvalue weighted by Crippen LogP contribution is 2.28. The summed E-state index contributed by atoms with van der Waals surface area (Å²) < 4.78 is 0. The van der Waals surface area contributed by atoms with Crippen LogP contribution in [0, 0.1) is 6.92 Å². The van der Waals surface area contributed by atoms with E-state index < -0.39 is 5.97 Å². The van der Waals surface area contributed by atoms with Gasteiger partial charge in [0.25, 0.3) is 0 Å². The molecule has 2 rings (SSSR count). The Morgan fingerprint density at radius 1 is 1.50 bits per heavy atom. The van der Waals surface area contributed by atoms with Crippen LogP contribution in [0.15, 0.2) is 17.5 Å². The molecule has 0 fully saturated rings. The largest absolute Gasteiger partial charge is 0.478 e. The van der Waals surface area contributed by atoms with Crippen molar-refractivity contribution in [3.05, 3.63) is 28.8 Å². The lowest BCUT2D eigenvalue weighted by atomic mass is 10.1. The maximum absolute atomic E-state index is 11.1. The average molecular weight is 235 g/mol. The smallest absolute Gasteiger partial charge is 0.339 e. The molecule has 0 aromatic carbocycles. The molecule has 5 nitrogen and oxygen atoms in total. The zero-order valence-electron chi connectivity index (χ0n) is 8.47. The van der Waals surface area contributed by atoms with Gasteiger partial charge in [0.15, 0.2) is 0 Å². The van der Waals surface area contributed by atoms with Crippen molar-refractivity contribution in [3.63, 3.8) is 0 Å². The first-order chi connectivity index (χ1) is 7.59. The van der Waals surface area contributed by atoms with Crippen LogP contribution in [0.2, 0.25) is 0 Å². The number of rotatable bonds is 2. The van der Waals surface area contributed by atoms with E-state index in [-0.39, 0.29) is 11.5 Å². The molecule has 0 saturated carbocycles. The van der Waals surface area contributed by atoms with Gasteiger partial charge in [-0.05, 0) is 18.4 Å². The molecule has 82 valence electrons. The number of nitrogens with two attached hydrogens (primary N) is 1. The number of hydrogen-bond donors (Lipinski definition) is 2. The minimum atomic E-state index is -1.04. The highest BCUT2D eigenvalue weighted by atomic mass is 32.1. The van der Waals surface area contributed by atoms with Crippen molar-refractivity contribution in [3.8, 4) is 10.6 Å². The van der Waals surface area contributed by atoms with E-state index in [0.29, 0.717) is 11.4 Å². The Morgan fingerprint density at radius 2 is 2.25 bits per heavy atom. The zero-order chi connectivity index (χ0) is 11.7. The van der Waals surface area contributed by atoms with Crippen LogP contribution in [0.1, 0.15) is 16.1 Å². The van der Waals surface area contributed by atoms with Crippen molar-refractivity contribution in [1.82, 2.24) is 9.97 Å². The summed E-state index contributed by atoms with van der Waals surface area (Å²) in [5.41, 5.74) is 6.39. The van der Waals surface area contributed by atoms with E-state index in [4.69, 9.17) is 10.8 Å². The lowest BCUT2D eigenvalue weighted by Gasteiger charge is -2.06. The fourth-order valence-corrected chi connectivity index (χ4v) is 2.16. The van der Waals surface area contributed by atoms with Crippen LogP contribution >= 0.6 is 11.3 Å². The number of nitrogen functional groups attached to an aromatic ring is 1. The van der Waals surface area contributed by atoms with Crippen LogP contribution in [-0.4, -0.2) is 21.0 Å². The SMILES string of the molecule is Cc1nc(N)nc(-c2cccs2)c1C(=O)O. The van der Waals surface area contributed by atoms with Crippen LogP contribution in [0.25, 0.3) is 10.6 Å². The van der Waals surface area contributed by atoms with Crippen molar-refractivity contribution in [2.75, 3.05) is 5.73 Å². The molecule has 0 unspecified atom stereocenters. The molecule has 0 amide bonds. The van der Waals surface area contributed by atoms with E-state index in [0.717, 1.165) is 4.88 Å². The van der Waals surface area contributed by atoms with Gasteiger partial charge in [-0.15, -0.1) is 11.3 Å². The van der Waals surface area contributed by atoms with Gasteiger partial charge in [0.05, 0.1) is 10.6 Å². The number of aromatic carboxylic acids is 1. The van der Waals surface area contributed by atoms with E-state index in [2.05, 4.69) is 9.97 Å². The molecule has 0 aliphatic carbocycles. The van der Waals surface area contributed by atoms with Gasteiger partial charge in [0, 0.05) is 0 Å². The maximum atomic E-state index is 11.1. The Morgan fingerprint density at radius 3 is 2.81 bits per heavy atom. The number of anilines is 1. The molecule has 2 aromatic heterocycles.